The van der Waals surface area contributed by atoms with Crippen molar-refractivity contribution in [2.45, 2.75) is 0 Å². The van der Waals surface area contributed by atoms with Crippen molar-refractivity contribution in [1.29, 1.82) is 0 Å². The minimum atomic E-state index is -0.454. The number of hydrogen-bond donors (Lipinski definition) is 1. The average Bonchev–Trinajstić information content (AvgIpc) is 3.15. The Balaban J connectivity index is 1.64. The molecule has 0 unspecified atom stereocenters. The lowest BCUT2D eigenvalue weighted by Crippen LogP contribution is -2.32. The lowest BCUT2D eigenvalue weighted by molar-refractivity contribution is -0.118. The maximum atomic E-state index is 12.1. The van der Waals surface area contributed by atoms with Crippen molar-refractivity contribution in [3.8, 4) is 0 Å². The van der Waals surface area contributed by atoms with E-state index in [1.54, 1.807) is 0 Å². The van der Waals surface area contributed by atoms with Crippen LogP contribution >= 0.6 is 7.92 Å². The van der Waals surface area contributed by atoms with E-state index in [0.29, 0.717) is 6.54 Å². The summed E-state index contributed by atoms with van der Waals surface area (Å²) in [6.45, 7) is 0.680. The van der Waals surface area contributed by atoms with Gasteiger partial charge in [-0.25, -0.2) is 0 Å². The minimum absolute atomic E-state index is 0.00562. The quantitative estimate of drug-likeness (QED) is 0.815. The first kappa shape index (κ1) is 16.2. The summed E-state index contributed by atoms with van der Waals surface area (Å²) in [5.41, 5.74) is 0. The fraction of sp³-hybridized carbons (Fsp3) is 0.100. The largest absolute Gasteiger partial charge is 0.355 e. The molecule has 0 saturated heterocycles. The van der Waals surface area contributed by atoms with Gasteiger partial charge in [0.2, 0.25) is 5.91 Å². The molecule has 3 rings (SSSR count). The molecule has 0 heterocycles. The van der Waals surface area contributed by atoms with Crippen LogP contribution in [-0.4, -0.2) is 18.6 Å². The molecule has 23 heavy (non-hydrogen) atoms. The first-order valence-electron chi connectivity index (χ1n) is 7.72. The van der Waals surface area contributed by atoms with Crippen molar-refractivity contribution in [2.75, 3.05) is 12.7 Å². The van der Waals surface area contributed by atoms with Crippen LogP contribution in [0, 0.1) is 31.6 Å². The molecule has 2 aromatic rings. The third kappa shape index (κ3) is 4.42. The molecule has 0 atom stereocenters. The van der Waals surface area contributed by atoms with Gasteiger partial charge in [0.25, 0.3) is 0 Å². The van der Waals surface area contributed by atoms with Gasteiger partial charge in [0.15, 0.2) is 0 Å². The number of carbonyl (C=O) groups is 1. The summed E-state index contributed by atoms with van der Waals surface area (Å²) in [5.74, 6) is 0.736. The highest BCUT2D eigenvalue weighted by Gasteiger charge is 2.24. The molecule has 2 aromatic carbocycles. The van der Waals surface area contributed by atoms with Crippen molar-refractivity contribution in [3.05, 3.63) is 92.3 Å². The van der Waals surface area contributed by atoms with E-state index in [2.05, 4.69) is 53.8 Å². The zero-order valence-electron chi connectivity index (χ0n) is 12.9. The molecule has 115 valence electrons. The molecule has 0 spiro atoms. The number of rotatable bonds is 6. The smallest absolute Gasteiger partial charge is 0.227 e. The van der Waals surface area contributed by atoms with Crippen LogP contribution in [0.5, 0.6) is 0 Å². The van der Waals surface area contributed by atoms with Gasteiger partial charge in [-0.15, -0.1) is 0 Å². The van der Waals surface area contributed by atoms with E-state index in [1.165, 1.54) is 10.6 Å². The lowest BCUT2D eigenvalue weighted by Gasteiger charge is -2.19. The Hall–Kier alpha value is -1.66. The Morgan fingerprint density at radius 3 is 1.87 bits per heavy atom. The molecular weight excluding hydrogens is 301 g/mol. The van der Waals surface area contributed by atoms with E-state index in [9.17, 15) is 4.79 Å². The maximum Gasteiger partial charge on any atom is 0.227 e. The molecule has 2 nitrogen and oxygen atoms in total. The van der Waals surface area contributed by atoms with Gasteiger partial charge in [-0.3, -0.25) is 4.79 Å². The molecule has 1 saturated carbocycles. The molecule has 1 fully saturated rings. The highest BCUT2D eigenvalue weighted by molar-refractivity contribution is 7.73. The molecule has 1 amide bonds. The predicted octanol–water partition coefficient (Wildman–Crippen LogP) is 2.64. The standard InChI is InChI=1S/C20H19NOP/c22-20(17-9-7-8-10-17)21-15-16-23(18-11-3-1-4-12-18)19-13-5-2-6-14-19/h1-14H,15-16H2,(H,21,22). The van der Waals surface area contributed by atoms with Crippen molar-refractivity contribution in [2.24, 2.45) is 0 Å². The summed E-state index contributed by atoms with van der Waals surface area (Å²) in [7, 11) is -0.454. The summed E-state index contributed by atoms with van der Waals surface area (Å²) < 4.78 is 0. The van der Waals surface area contributed by atoms with Crippen LogP contribution in [-0.2, 0) is 4.79 Å². The maximum absolute atomic E-state index is 12.1. The van der Waals surface area contributed by atoms with Crippen LogP contribution in [0.15, 0.2) is 60.7 Å². The van der Waals surface area contributed by atoms with E-state index in [1.807, 2.05) is 37.8 Å². The number of benzene rings is 2. The third-order valence-electron chi connectivity index (χ3n) is 3.68. The summed E-state index contributed by atoms with van der Waals surface area (Å²) >= 11 is 0. The Morgan fingerprint density at radius 1 is 0.826 bits per heavy atom. The molecule has 0 aromatic heterocycles. The van der Waals surface area contributed by atoms with Gasteiger partial charge in [0.1, 0.15) is 0 Å². The predicted molar refractivity (Wildman–Crippen MR) is 97.4 cm³/mol. The summed E-state index contributed by atoms with van der Waals surface area (Å²) in [6, 6.07) is 21.1. The Kier molecular flexibility index (Phi) is 5.82. The fourth-order valence-electron chi connectivity index (χ4n) is 2.53. The van der Waals surface area contributed by atoms with Crippen LogP contribution in [0.1, 0.15) is 0 Å². The monoisotopic (exact) mass is 320 g/mol. The fourth-order valence-corrected chi connectivity index (χ4v) is 4.75. The van der Waals surface area contributed by atoms with Crippen LogP contribution in [0.3, 0.4) is 0 Å². The Morgan fingerprint density at radius 2 is 1.35 bits per heavy atom. The first-order valence-corrected chi connectivity index (χ1v) is 9.25. The van der Waals surface area contributed by atoms with Gasteiger partial charge in [-0.05, 0) is 50.4 Å². The number of carbonyl (C=O) groups excluding carboxylic acids is 1. The molecule has 1 aliphatic rings. The zero-order chi connectivity index (χ0) is 15.9. The Labute approximate surface area is 140 Å². The number of nitrogens with one attached hydrogen (secondary N) is 1. The van der Waals surface area contributed by atoms with E-state index in [4.69, 9.17) is 0 Å². The average molecular weight is 320 g/mol. The second kappa shape index (κ2) is 8.26. The molecule has 1 aliphatic carbocycles. The van der Waals surface area contributed by atoms with Gasteiger partial charge in [-0.2, -0.15) is 0 Å². The van der Waals surface area contributed by atoms with E-state index >= 15 is 0 Å². The zero-order valence-corrected chi connectivity index (χ0v) is 13.7. The van der Waals surface area contributed by atoms with Crippen molar-refractivity contribution in [3.63, 3.8) is 0 Å². The normalized spacial score (nSPS) is 15.0. The van der Waals surface area contributed by atoms with Gasteiger partial charge in [0.05, 0.1) is 5.92 Å². The van der Waals surface area contributed by atoms with E-state index in [0.717, 1.165) is 12.1 Å². The second-order valence-electron chi connectivity index (χ2n) is 5.25. The van der Waals surface area contributed by atoms with Crippen molar-refractivity contribution < 1.29 is 4.79 Å². The number of amides is 1. The molecule has 3 heteroatoms. The molecular formula is C20H19NOP. The first-order chi connectivity index (χ1) is 11.3. The molecule has 0 aliphatic heterocycles. The van der Waals surface area contributed by atoms with Crippen molar-refractivity contribution in [1.82, 2.24) is 5.32 Å². The SMILES string of the molecule is O=C(NCCP(c1ccccc1)c1ccccc1)[C]1[CH][CH][CH][CH]1. The molecule has 1 N–H and O–H groups in total. The topological polar surface area (TPSA) is 29.1 Å². The second-order valence-corrected chi connectivity index (χ2v) is 7.59. The number of hydrogen-bond acceptors (Lipinski definition) is 1. The summed E-state index contributed by atoms with van der Waals surface area (Å²) in [6.07, 6.45) is 8.39. The lowest BCUT2D eigenvalue weighted by atomic mass is 10.1. The van der Waals surface area contributed by atoms with Crippen LogP contribution < -0.4 is 15.9 Å². The van der Waals surface area contributed by atoms with Gasteiger partial charge < -0.3 is 5.32 Å². The summed E-state index contributed by atoms with van der Waals surface area (Å²) in [5, 5.41) is 5.72. The highest BCUT2D eigenvalue weighted by Crippen LogP contribution is 2.32. The minimum Gasteiger partial charge on any atom is -0.355 e. The van der Waals surface area contributed by atoms with Gasteiger partial charge >= 0.3 is 0 Å². The van der Waals surface area contributed by atoms with Gasteiger partial charge in [0, 0.05) is 6.54 Å². The van der Waals surface area contributed by atoms with Gasteiger partial charge in [-0.1, -0.05) is 60.7 Å². The van der Waals surface area contributed by atoms with Crippen LogP contribution in [0.4, 0.5) is 0 Å². The molecule has 5 radical (unpaired) electrons. The summed E-state index contributed by atoms with van der Waals surface area (Å²) in [4.78, 5) is 12.1. The van der Waals surface area contributed by atoms with E-state index in [-0.39, 0.29) is 5.91 Å². The highest BCUT2D eigenvalue weighted by atomic mass is 31.1. The van der Waals surface area contributed by atoms with Crippen LogP contribution in [0.2, 0.25) is 0 Å². The molecule has 0 bridgehead atoms. The van der Waals surface area contributed by atoms with E-state index < -0.39 is 7.92 Å². The van der Waals surface area contributed by atoms with Crippen molar-refractivity contribution >= 4 is 24.4 Å². The third-order valence-corrected chi connectivity index (χ3v) is 6.20. The van der Waals surface area contributed by atoms with Crippen LogP contribution in [0.25, 0.3) is 0 Å². The Bertz CT molecular complexity index is 569.